The largest absolute Gasteiger partial charge is 2.00 e. The van der Waals surface area contributed by atoms with Gasteiger partial charge in [0.1, 0.15) is 0 Å². The molecule has 2 N–H and O–H groups in total. The van der Waals surface area contributed by atoms with Crippen LogP contribution in [-0.2, 0) is 27.3 Å². The molecule has 4 nitrogen and oxygen atoms in total. The van der Waals surface area contributed by atoms with Gasteiger partial charge in [0.05, 0.1) is 0 Å². The number of carbonyl (C=O) groups is 1. The molecule has 0 unspecified atom stereocenters. The van der Waals surface area contributed by atoms with Crippen molar-refractivity contribution >= 4 is 6.16 Å². The summed E-state index contributed by atoms with van der Waals surface area (Å²) in [6.07, 6.45) is -2.33. The molecule has 0 aromatic heterocycles. The summed E-state index contributed by atoms with van der Waals surface area (Å²) < 4.78 is 0. The maximum absolute atomic E-state index is 8.33. The minimum absolute atomic E-state index is 0. The van der Waals surface area contributed by atoms with Crippen molar-refractivity contribution in [2.24, 2.45) is 0 Å². The van der Waals surface area contributed by atoms with E-state index < -0.39 is 6.16 Å². The number of hydrogen-bond donors (Lipinski definition) is 0. The van der Waals surface area contributed by atoms with Crippen LogP contribution in [0.15, 0.2) is 0 Å². The molecule has 0 heterocycles. The topological polar surface area (TPSA) is 94.7 Å². The Morgan fingerprint density at radius 2 is 1.33 bits per heavy atom. The van der Waals surface area contributed by atoms with E-state index in [0.29, 0.717) is 0 Å². The fourth-order valence-electron chi connectivity index (χ4n) is 0. The van der Waals surface area contributed by atoms with Crippen LogP contribution in [0.4, 0.5) is 4.79 Å². The molecule has 6 heavy (non-hydrogen) atoms. The van der Waals surface area contributed by atoms with E-state index in [2.05, 4.69) is 0 Å². The van der Waals surface area contributed by atoms with Gasteiger partial charge in [0.2, 0.25) is 0 Å². The molecule has 0 aliphatic rings. The van der Waals surface area contributed by atoms with E-state index in [4.69, 9.17) is 15.0 Å². The normalized spacial score (nSPS) is 4.00. The van der Waals surface area contributed by atoms with Crippen LogP contribution in [0.1, 0.15) is 0 Å². The van der Waals surface area contributed by atoms with Crippen LogP contribution < -0.4 is 10.2 Å². The smallest absolute Gasteiger partial charge is 0.652 e. The first kappa shape index (κ1) is 16.4. The molecule has 0 atom stereocenters. The monoisotopic (exact) mass is 192 g/mol. The van der Waals surface area contributed by atoms with Crippen molar-refractivity contribution < 1.29 is 47.8 Å². The zero-order valence-corrected chi connectivity index (χ0v) is 6.97. The third-order valence-corrected chi connectivity index (χ3v) is 0. The molecule has 0 fully saturated rings. The van der Waals surface area contributed by atoms with E-state index in [0.717, 1.165) is 0 Å². The molecular weight excluding hydrogens is 188 g/mol. The number of hydrogen-bond acceptors (Lipinski definition) is 3. The summed E-state index contributed by atoms with van der Waals surface area (Å²) in [5.74, 6) is 0. The Morgan fingerprint density at radius 1 is 1.33 bits per heavy atom. The summed E-state index contributed by atoms with van der Waals surface area (Å²) in [4.78, 5) is 8.33. The molecule has 0 rings (SSSR count). The molecule has 5 heteroatoms. The Bertz CT molecular complexity index is 30.5. The third kappa shape index (κ3) is 1780. The van der Waals surface area contributed by atoms with Gasteiger partial charge < -0.3 is 20.5 Å². The average molecular weight is 190 g/mol. The first-order chi connectivity index (χ1) is 1.73. The maximum atomic E-state index is 8.33. The second-order valence-corrected chi connectivity index (χ2v) is 0.250. The molecule has 0 aromatic carbocycles. The van der Waals surface area contributed by atoms with Gasteiger partial charge in [-0.25, -0.2) is 0 Å². The van der Waals surface area contributed by atoms with Gasteiger partial charge in [-0.15, -0.1) is 0 Å². The molecule has 0 aliphatic heterocycles. The fourth-order valence-corrected chi connectivity index (χ4v) is 0. The van der Waals surface area contributed by atoms with Gasteiger partial charge in [0.15, 0.2) is 0 Å². The van der Waals surface area contributed by atoms with Crippen molar-refractivity contribution in [1.29, 1.82) is 0 Å². The predicted molar refractivity (Wildman–Crippen MR) is 9.01 cm³/mol. The number of carbonyl (C=O) groups excluding carboxylic acids is 1. The Kier molecular flexibility index (Phi) is 24.5. The van der Waals surface area contributed by atoms with Crippen LogP contribution in [0.3, 0.4) is 0 Å². The van der Waals surface area contributed by atoms with Crippen LogP contribution in [0, 0.1) is 0 Å². The van der Waals surface area contributed by atoms with E-state index >= 15 is 0 Å². The Balaban J connectivity index is -0.0000000450. The molecule has 0 radical (unpaired) electrons. The minimum Gasteiger partial charge on any atom is -0.652 e. The Morgan fingerprint density at radius 3 is 1.33 bits per heavy atom. The SMILES string of the molecule is O.O=C([O-])[O-].[Cd+2]. The van der Waals surface area contributed by atoms with Crippen molar-refractivity contribution in [3.8, 4) is 0 Å². The summed E-state index contributed by atoms with van der Waals surface area (Å²) in [5.41, 5.74) is 0. The van der Waals surface area contributed by atoms with E-state index in [1.165, 1.54) is 0 Å². The zero-order valence-electron chi connectivity index (χ0n) is 2.93. The van der Waals surface area contributed by atoms with Gasteiger partial charge in [-0.2, -0.15) is 0 Å². The quantitative estimate of drug-likeness (QED) is 0.375. The van der Waals surface area contributed by atoms with Crippen LogP contribution in [0.5, 0.6) is 0 Å². The van der Waals surface area contributed by atoms with E-state index in [9.17, 15) is 0 Å². The molecule has 0 saturated heterocycles. The Hall–Kier alpha value is 0.152. The summed E-state index contributed by atoms with van der Waals surface area (Å²) in [6, 6.07) is 0. The van der Waals surface area contributed by atoms with Crippen LogP contribution >= 0.6 is 0 Å². The van der Waals surface area contributed by atoms with Crippen molar-refractivity contribution in [3.05, 3.63) is 0 Å². The standard InChI is InChI=1S/CH2O3.Cd.H2O/c2-1(3)4;;/h(H2,2,3,4);;1H2/q;+2;/p-2. The molecule has 0 bridgehead atoms. The molecule has 0 aliphatic carbocycles. The number of rotatable bonds is 0. The number of carboxylic acid groups (broad SMARTS) is 2. The summed E-state index contributed by atoms with van der Waals surface area (Å²) >= 11 is 0. The van der Waals surface area contributed by atoms with Crippen LogP contribution in [0.25, 0.3) is 0 Å². The fraction of sp³-hybridized carbons (Fsp3) is 0. The first-order valence-corrected chi connectivity index (χ1v) is 0.612. The summed E-state index contributed by atoms with van der Waals surface area (Å²) in [5, 5.41) is 16.7. The van der Waals surface area contributed by atoms with Gasteiger partial charge in [0.25, 0.3) is 0 Å². The van der Waals surface area contributed by atoms with Gasteiger partial charge in [-0.05, 0) is 6.16 Å². The molecule has 32 valence electrons. The third-order valence-electron chi connectivity index (χ3n) is 0. The van der Waals surface area contributed by atoms with Gasteiger partial charge in [-0.1, -0.05) is 0 Å². The predicted octanol–water partition coefficient (Wildman–Crippen LogP) is -3.27. The van der Waals surface area contributed by atoms with Gasteiger partial charge in [-0.3, -0.25) is 0 Å². The minimum atomic E-state index is -2.33. The maximum Gasteiger partial charge on any atom is 2.00 e. The summed E-state index contributed by atoms with van der Waals surface area (Å²) in [7, 11) is 0. The second-order valence-electron chi connectivity index (χ2n) is 0.250. The molecule has 0 amide bonds. The van der Waals surface area contributed by atoms with Crippen molar-refractivity contribution in [2.45, 2.75) is 0 Å². The van der Waals surface area contributed by atoms with Crippen molar-refractivity contribution in [1.82, 2.24) is 0 Å². The van der Waals surface area contributed by atoms with E-state index in [1.807, 2.05) is 0 Å². The zero-order chi connectivity index (χ0) is 3.58. The first-order valence-electron chi connectivity index (χ1n) is 0.612. The van der Waals surface area contributed by atoms with Crippen LogP contribution in [0.2, 0.25) is 0 Å². The molecule has 0 spiro atoms. The molecular formula is CH2CdO4. The van der Waals surface area contributed by atoms with Crippen molar-refractivity contribution in [2.75, 3.05) is 0 Å². The second kappa shape index (κ2) is 8.94. The van der Waals surface area contributed by atoms with Gasteiger partial charge >= 0.3 is 27.3 Å². The van der Waals surface area contributed by atoms with Gasteiger partial charge in [0, 0.05) is 0 Å². The molecule has 0 saturated carbocycles. The average Bonchev–Trinajstić information content (AvgIpc) is 0.811. The molecule has 0 aromatic rings. The van der Waals surface area contributed by atoms with E-state index in [-0.39, 0.29) is 32.8 Å². The van der Waals surface area contributed by atoms with Crippen LogP contribution in [-0.4, -0.2) is 11.6 Å². The Labute approximate surface area is 54.3 Å². The van der Waals surface area contributed by atoms with Crippen molar-refractivity contribution in [3.63, 3.8) is 0 Å². The van der Waals surface area contributed by atoms with E-state index in [1.54, 1.807) is 0 Å². The summed E-state index contributed by atoms with van der Waals surface area (Å²) in [6.45, 7) is 0.